The number of aromatic nitrogens is 2. The van der Waals surface area contributed by atoms with Gasteiger partial charge < -0.3 is 0 Å². The molecule has 1 heterocycles. The van der Waals surface area contributed by atoms with Crippen molar-refractivity contribution in [2.24, 2.45) is 0 Å². The number of halogens is 2. The highest BCUT2D eigenvalue weighted by molar-refractivity contribution is 6.42. The van der Waals surface area contributed by atoms with E-state index in [2.05, 4.69) is 5.10 Å². The monoisotopic (exact) mass is 299 g/mol. The van der Waals surface area contributed by atoms with Gasteiger partial charge in [-0.2, -0.15) is 5.10 Å². The van der Waals surface area contributed by atoms with Gasteiger partial charge in [-0.1, -0.05) is 35.3 Å². The Kier molecular flexibility index (Phi) is 3.78. The third-order valence-electron chi connectivity index (χ3n) is 2.88. The van der Waals surface area contributed by atoms with Crippen LogP contribution in [0.4, 0.5) is 5.69 Å². The molecule has 0 aliphatic heterocycles. The lowest BCUT2D eigenvalue weighted by atomic mass is 10.2. The van der Waals surface area contributed by atoms with Crippen LogP contribution in [-0.4, -0.2) is 14.7 Å². The summed E-state index contributed by atoms with van der Waals surface area (Å²) >= 11 is 12.0. The highest BCUT2D eigenvalue weighted by Gasteiger charge is 2.22. The van der Waals surface area contributed by atoms with Crippen molar-refractivity contribution in [2.75, 3.05) is 0 Å². The summed E-state index contributed by atoms with van der Waals surface area (Å²) in [4.78, 5) is 10.5. The second-order valence-corrected chi connectivity index (χ2v) is 4.93. The Morgan fingerprint density at radius 1 is 1.37 bits per heavy atom. The summed E-state index contributed by atoms with van der Waals surface area (Å²) in [5.74, 6) is 0. The zero-order chi connectivity index (χ0) is 14.2. The zero-order valence-corrected chi connectivity index (χ0v) is 11.9. The molecule has 0 radical (unpaired) electrons. The first kappa shape index (κ1) is 13.8. The van der Waals surface area contributed by atoms with Crippen molar-refractivity contribution in [3.63, 3.8) is 0 Å². The fourth-order valence-electron chi connectivity index (χ4n) is 1.94. The van der Waals surface area contributed by atoms with Gasteiger partial charge in [0.15, 0.2) is 0 Å². The molecule has 0 unspecified atom stereocenters. The number of aryl methyl sites for hydroxylation is 1. The molecule has 5 nitrogen and oxygen atoms in total. The zero-order valence-electron chi connectivity index (χ0n) is 10.4. The van der Waals surface area contributed by atoms with Gasteiger partial charge >= 0.3 is 5.69 Å². The molecule has 0 saturated heterocycles. The molecule has 2 rings (SSSR count). The van der Waals surface area contributed by atoms with Gasteiger partial charge in [0.05, 0.1) is 21.5 Å². The number of nitro groups is 1. The van der Waals surface area contributed by atoms with Crippen LogP contribution in [-0.2, 0) is 6.54 Å². The molecule has 0 spiro atoms. The van der Waals surface area contributed by atoms with Crippen LogP contribution in [0.3, 0.4) is 0 Å². The Morgan fingerprint density at radius 2 is 2.05 bits per heavy atom. The molecule has 0 fully saturated rings. The maximum absolute atomic E-state index is 10.9. The average Bonchev–Trinajstić information content (AvgIpc) is 2.60. The van der Waals surface area contributed by atoms with Crippen molar-refractivity contribution in [2.45, 2.75) is 20.4 Å². The van der Waals surface area contributed by atoms with Crippen LogP contribution >= 0.6 is 23.2 Å². The molecule has 0 saturated carbocycles. The SMILES string of the molecule is Cc1nn(Cc2cccc(Cl)c2Cl)c(C)c1[N+](=O)[O-]. The number of hydrogen-bond donors (Lipinski definition) is 0. The van der Waals surface area contributed by atoms with E-state index in [1.165, 1.54) is 0 Å². The standard InChI is InChI=1S/C12H11Cl2N3O2/c1-7-12(17(18)19)8(2)16(15-7)6-9-4-3-5-10(13)11(9)14/h3-5H,6H2,1-2H3. The lowest BCUT2D eigenvalue weighted by Crippen LogP contribution is -2.05. The molecule has 7 heteroatoms. The molecule has 0 aliphatic carbocycles. The highest BCUT2D eigenvalue weighted by Crippen LogP contribution is 2.28. The van der Waals surface area contributed by atoms with Crippen molar-refractivity contribution in [1.29, 1.82) is 0 Å². The van der Waals surface area contributed by atoms with E-state index in [4.69, 9.17) is 23.2 Å². The van der Waals surface area contributed by atoms with E-state index < -0.39 is 4.92 Å². The van der Waals surface area contributed by atoms with Crippen molar-refractivity contribution < 1.29 is 4.92 Å². The quantitative estimate of drug-likeness (QED) is 0.640. The van der Waals surface area contributed by atoms with Gasteiger partial charge in [0.1, 0.15) is 11.4 Å². The summed E-state index contributed by atoms with van der Waals surface area (Å²) in [6, 6.07) is 5.29. The van der Waals surface area contributed by atoms with Gasteiger partial charge in [0.2, 0.25) is 0 Å². The first-order valence-electron chi connectivity index (χ1n) is 5.53. The number of benzene rings is 1. The van der Waals surface area contributed by atoms with E-state index >= 15 is 0 Å². The fourth-order valence-corrected chi connectivity index (χ4v) is 2.32. The minimum absolute atomic E-state index is 0.0400. The number of hydrogen-bond acceptors (Lipinski definition) is 3. The third kappa shape index (κ3) is 2.57. The molecule has 0 aliphatic rings. The summed E-state index contributed by atoms with van der Waals surface area (Å²) in [7, 11) is 0. The van der Waals surface area contributed by atoms with Crippen LogP contribution < -0.4 is 0 Å². The molecule has 19 heavy (non-hydrogen) atoms. The summed E-state index contributed by atoms with van der Waals surface area (Å²) in [6.07, 6.45) is 0. The second kappa shape index (κ2) is 5.19. The smallest absolute Gasteiger partial charge is 0.258 e. The third-order valence-corrected chi connectivity index (χ3v) is 3.74. The van der Waals surface area contributed by atoms with Crippen LogP contribution in [0.25, 0.3) is 0 Å². The van der Waals surface area contributed by atoms with Crippen LogP contribution in [0.1, 0.15) is 17.0 Å². The van der Waals surface area contributed by atoms with Crippen LogP contribution in [0, 0.1) is 24.0 Å². The van der Waals surface area contributed by atoms with Gasteiger partial charge in [-0.25, -0.2) is 0 Å². The molecule has 0 N–H and O–H groups in total. The molecule has 1 aromatic carbocycles. The normalized spacial score (nSPS) is 10.7. The minimum Gasteiger partial charge on any atom is -0.258 e. The summed E-state index contributed by atoms with van der Waals surface area (Å²) in [5.41, 5.74) is 1.70. The molecule has 2 aromatic rings. The van der Waals surface area contributed by atoms with Crippen molar-refractivity contribution in [1.82, 2.24) is 9.78 Å². The highest BCUT2D eigenvalue weighted by atomic mass is 35.5. The Hall–Kier alpha value is -1.59. The summed E-state index contributed by atoms with van der Waals surface area (Å²) < 4.78 is 1.56. The van der Waals surface area contributed by atoms with Gasteiger partial charge in [0.25, 0.3) is 0 Å². The van der Waals surface area contributed by atoms with Gasteiger partial charge in [-0.15, -0.1) is 0 Å². The second-order valence-electron chi connectivity index (χ2n) is 4.15. The maximum atomic E-state index is 10.9. The van der Waals surface area contributed by atoms with Crippen LogP contribution in [0.5, 0.6) is 0 Å². The first-order chi connectivity index (χ1) is 8.91. The summed E-state index contributed by atoms with van der Waals surface area (Å²) in [6.45, 7) is 3.62. The van der Waals surface area contributed by atoms with E-state index in [1.807, 2.05) is 6.07 Å². The van der Waals surface area contributed by atoms with Crippen molar-refractivity contribution in [3.8, 4) is 0 Å². The maximum Gasteiger partial charge on any atom is 0.312 e. The van der Waals surface area contributed by atoms with Gasteiger partial charge in [-0.3, -0.25) is 14.8 Å². The Morgan fingerprint density at radius 3 is 2.63 bits per heavy atom. The van der Waals surface area contributed by atoms with Crippen LogP contribution in [0.15, 0.2) is 18.2 Å². The molecular formula is C12H11Cl2N3O2. The Bertz CT molecular complexity index is 653. The lowest BCUT2D eigenvalue weighted by molar-refractivity contribution is -0.386. The molecular weight excluding hydrogens is 289 g/mol. The van der Waals surface area contributed by atoms with E-state index in [0.717, 1.165) is 5.56 Å². The predicted octanol–water partition coefficient (Wildman–Crippen LogP) is 3.76. The largest absolute Gasteiger partial charge is 0.312 e. The van der Waals surface area contributed by atoms with E-state index in [0.29, 0.717) is 28.0 Å². The molecule has 0 amide bonds. The molecule has 0 atom stereocenters. The van der Waals surface area contributed by atoms with Gasteiger partial charge in [0, 0.05) is 0 Å². The van der Waals surface area contributed by atoms with Crippen LogP contribution in [0.2, 0.25) is 10.0 Å². The van der Waals surface area contributed by atoms with E-state index in [9.17, 15) is 10.1 Å². The lowest BCUT2D eigenvalue weighted by Gasteiger charge is -2.07. The summed E-state index contributed by atoms with van der Waals surface area (Å²) in [5, 5.41) is 16.0. The first-order valence-corrected chi connectivity index (χ1v) is 6.28. The molecule has 100 valence electrons. The minimum atomic E-state index is -0.423. The van der Waals surface area contributed by atoms with E-state index in [-0.39, 0.29) is 5.69 Å². The molecule has 0 bridgehead atoms. The van der Waals surface area contributed by atoms with Gasteiger partial charge in [-0.05, 0) is 25.5 Å². The topological polar surface area (TPSA) is 61.0 Å². The number of nitrogens with zero attached hydrogens (tertiary/aromatic N) is 3. The average molecular weight is 300 g/mol. The van der Waals surface area contributed by atoms with Crippen molar-refractivity contribution >= 4 is 28.9 Å². The number of rotatable bonds is 3. The molecule has 1 aromatic heterocycles. The van der Waals surface area contributed by atoms with Crippen molar-refractivity contribution in [3.05, 3.63) is 55.3 Å². The Labute approximate surface area is 119 Å². The Balaban J connectivity index is 2.42. The van der Waals surface area contributed by atoms with E-state index in [1.54, 1.807) is 30.7 Å². The predicted molar refractivity (Wildman–Crippen MR) is 73.9 cm³/mol. The fraction of sp³-hybridized carbons (Fsp3) is 0.250.